The predicted octanol–water partition coefficient (Wildman–Crippen LogP) is 6.11. The van der Waals surface area contributed by atoms with Crippen LogP contribution in [0.2, 0.25) is 25.7 Å². The van der Waals surface area contributed by atoms with E-state index in [1.165, 1.54) is 5.69 Å². The first-order valence-corrected chi connectivity index (χ1v) is 17.0. The zero-order valence-corrected chi connectivity index (χ0v) is 23.6. The molecule has 1 unspecified atom stereocenters. The van der Waals surface area contributed by atoms with E-state index in [-0.39, 0.29) is 11.6 Å². The molecule has 2 saturated heterocycles. The zero-order valence-electron chi connectivity index (χ0n) is 22.6. The van der Waals surface area contributed by atoms with Gasteiger partial charge in [0.1, 0.15) is 18.0 Å². The number of carbonyl (C=O) groups excluding carboxylic acids is 1. The van der Waals surface area contributed by atoms with Crippen molar-refractivity contribution in [3.05, 3.63) is 24.5 Å². The molecule has 1 spiro atoms. The Morgan fingerprint density at radius 2 is 1.89 bits per heavy atom. The van der Waals surface area contributed by atoms with E-state index in [2.05, 4.69) is 47.4 Å². The maximum Gasteiger partial charge on any atom is 0.410 e. The third kappa shape index (κ3) is 6.20. The van der Waals surface area contributed by atoms with Crippen molar-refractivity contribution in [2.75, 3.05) is 31.1 Å². The number of anilines is 1. The first-order chi connectivity index (χ1) is 16.5. The smallest absolute Gasteiger partial charge is 0.410 e. The molecule has 2 aliphatic rings. The van der Waals surface area contributed by atoms with E-state index in [1.807, 2.05) is 31.9 Å². The lowest BCUT2D eigenvalue weighted by atomic mass is 9.80. The highest BCUT2D eigenvalue weighted by Crippen LogP contribution is 2.40. The zero-order chi connectivity index (χ0) is 25.3. The van der Waals surface area contributed by atoms with Crippen LogP contribution in [0.5, 0.6) is 0 Å². The van der Waals surface area contributed by atoms with Crippen LogP contribution >= 0.6 is 0 Å². The van der Waals surface area contributed by atoms with Crippen molar-refractivity contribution < 1.29 is 14.3 Å². The second-order valence-corrected chi connectivity index (χ2v) is 18.2. The van der Waals surface area contributed by atoms with Gasteiger partial charge in [-0.25, -0.2) is 9.78 Å². The Bertz CT molecular complexity index is 1020. The number of fused-ring (bicyclic) bond motifs is 1. The van der Waals surface area contributed by atoms with Gasteiger partial charge in [0.05, 0.1) is 5.54 Å². The molecule has 0 radical (unpaired) electrons. The van der Waals surface area contributed by atoms with Crippen molar-refractivity contribution in [1.29, 1.82) is 0 Å². The van der Waals surface area contributed by atoms with Crippen molar-refractivity contribution in [3.63, 3.8) is 0 Å². The van der Waals surface area contributed by atoms with Crippen LogP contribution in [-0.4, -0.2) is 66.0 Å². The molecular formula is C27H44N4O3Si. The predicted molar refractivity (Wildman–Crippen MR) is 145 cm³/mol. The Morgan fingerprint density at radius 3 is 2.63 bits per heavy atom. The fourth-order valence-corrected chi connectivity index (χ4v) is 6.19. The maximum atomic E-state index is 13.2. The Hall–Kier alpha value is -2.06. The summed E-state index contributed by atoms with van der Waals surface area (Å²) in [6.45, 7) is 16.9. The highest BCUT2D eigenvalue weighted by molar-refractivity contribution is 6.76. The summed E-state index contributed by atoms with van der Waals surface area (Å²) in [7, 11) is -1.10. The summed E-state index contributed by atoms with van der Waals surface area (Å²) >= 11 is 0. The van der Waals surface area contributed by atoms with Gasteiger partial charge in [-0.3, -0.25) is 0 Å². The molecule has 194 valence electrons. The van der Waals surface area contributed by atoms with Gasteiger partial charge >= 0.3 is 6.09 Å². The molecule has 0 saturated carbocycles. The second kappa shape index (κ2) is 10.1. The monoisotopic (exact) mass is 500 g/mol. The van der Waals surface area contributed by atoms with Crippen LogP contribution in [0.3, 0.4) is 0 Å². The van der Waals surface area contributed by atoms with E-state index in [9.17, 15) is 4.79 Å². The number of amides is 1. The number of pyridine rings is 1. The molecule has 2 aliphatic heterocycles. The Kier molecular flexibility index (Phi) is 7.53. The standard InChI is InChI=1S/C27H44N4O3Si/c1-26(2,3)34-25(32)31-16-8-7-12-27(31)13-9-15-29(20-27)23-10-14-28-24-22(23)11-17-30(24)21-33-18-19-35(4,5)6/h10-11,14,17H,7-9,12-13,15-16,18-21H2,1-6H3. The summed E-state index contributed by atoms with van der Waals surface area (Å²) in [5, 5.41) is 1.15. The Balaban J connectivity index is 1.53. The first kappa shape index (κ1) is 26.0. The van der Waals surface area contributed by atoms with Gasteiger partial charge in [0.2, 0.25) is 0 Å². The van der Waals surface area contributed by atoms with E-state index in [1.54, 1.807) is 0 Å². The summed E-state index contributed by atoms with van der Waals surface area (Å²) in [5.41, 5.74) is 1.51. The lowest BCUT2D eigenvalue weighted by Crippen LogP contribution is -2.63. The van der Waals surface area contributed by atoms with Gasteiger partial charge in [-0.1, -0.05) is 19.6 Å². The summed E-state index contributed by atoms with van der Waals surface area (Å²) in [5.74, 6) is 0. The van der Waals surface area contributed by atoms with Crippen LogP contribution < -0.4 is 4.90 Å². The quantitative estimate of drug-likeness (QED) is 0.354. The van der Waals surface area contributed by atoms with E-state index in [4.69, 9.17) is 14.5 Å². The normalized spacial score (nSPS) is 21.7. The molecule has 2 aromatic rings. The van der Waals surface area contributed by atoms with Gasteiger partial charge in [0, 0.05) is 57.8 Å². The van der Waals surface area contributed by atoms with E-state index in [0.717, 1.165) is 75.4 Å². The topological polar surface area (TPSA) is 59.8 Å². The average Bonchev–Trinajstić information content (AvgIpc) is 3.18. The van der Waals surface area contributed by atoms with Crippen LogP contribution in [0.25, 0.3) is 11.0 Å². The molecule has 2 fully saturated rings. The fraction of sp³-hybridized carbons (Fsp3) is 0.704. The van der Waals surface area contributed by atoms with Gasteiger partial charge in [-0.15, -0.1) is 0 Å². The lowest BCUT2D eigenvalue weighted by Gasteiger charge is -2.52. The Labute approximate surface area is 211 Å². The lowest BCUT2D eigenvalue weighted by molar-refractivity contribution is -0.0198. The number of rotatable bonds is 6. The first-order valence-electron chi connectivity index (χ1n) is 13.2. The molecule has 1 atom stereocenters. The van der Waals surface area contributed by atoms with Gasteiger partial charge in [0.25, 0.3) is 0 Å². The largest absolute Gasteiger partial charge is 0.444 e. The third-order valence-corrected chi connectivity index (χ3v) is 8.93. The fourth-order valence-electron chi connectivity index (χ4n) is 5.44. The molecule has 2 aromatic heterocycles. The van der Waals surface area contributed by atoms with Crippen LogP contribution in [-0.2, 0) is 16.2 Å². The molecular weight excluding hydrogens is 456 g/mol. The second-order valence-electron chi connectivity index (χ2n) is 12.5. The number of carbonyl (C=O) groups is 1. The minimum Gasteiger partial charge on any atom is -0.444 e. The molecule has 35 heavy (non-hydrogen) atoms. The average molecular weight is 501 g/mol. The number of hydrogen-bond acceptors (Lipinski definition) is 5. The molecule has 8 heteroatoms. The van der Waals surface area contributed by atoms with Gasteiger partial charge in [-0.05, 0) is 71.1 Å². The van der Waals surface area contributed by atoms with Gasteiger partial charge in [-0.2, -0.15) is 0 Å². The summed E-state index contributed by atoms with van der Waals surface area (Å²) in [4.78, 5) is 22.4. The molecule has 7 nitrogen and oxygen atoms in total. The number of hydrogen-bond donors (Lipinski definition) is 0. The van der Waals surface area contributed by atoms with Gasteiger partial charge < -0.3 is 23.8 Å². The SMILES string of the molecule is CC(C)(C)OC(=O)N1CCCCC12CCCN(c1ccnc3c1ccn3COCC[Si](C)(C)C)C2. The molecule has 4 heterocycles. The highest BCUT2D eigenvalue weighted by atomic mass is 28.3. The maximum absolute atomic E-state index is 13.2. The van der Waals surface area contributed by atoms with Crippen molar-refractivity contribution in [2.24, 2.45) is 0 Å². The third-order valence-electron chi connectivity index (χ3n) is 7.22. The number of aromatic nitrogens is 2. The molecule has 0 aromatic carbocycles. The van der Waals surface area contributed by atoms with Crippen LogP contribution in [0.15, 0.2) is 24.5 Å². The Morgan fingerprint density at radius 1 is 1.11 bits per heavy atom. The van der Waals surface area contributed by atoms with E-state index < -0.39 is 13.7 Å². The van der Waals surface area contributed by atoms with Crippen LogP contribution in [0.4, 0.5) is 10.5 Å². The molecule has 0 bridgehead atoms. The minimum atomic E-state index is -1.10. The summed E-state index contributed by atoms with van der Waals surface area (Å²) in [6.07, 6.45) is 9.15. The molecule has 1 amide bonds. The van der Waals surface area contributed by atoms with Crippen molar-refractivity contribution >= 4 is 30.9 Å². The van der Waals surface area contributed by atoms with Crippen LogP contribution in [0, 0.1) is 0 Å². The highest BCUT2D eigenvalue weighted by Gasteiger charge is 2.46. The molecule has 0 N–H and O–H groups in total. The number of nitrogens with zero attached hydrogens (tertiary/aromatic N) is 4. The van der Waals surface area contributed by atoms with Crippen molar-refractivity contribution in [3.8, 4) is 0 Å². The minimum absolute atomic E-state index is 0.166. The summed E-state index contributed by atoms with van der Waals surface area (Å²) < 4.78 is 13.9. The number of ether oxygens (including phenoxy) is 2. The van der Waals surface area contributed by atoms with E-state index >= 15 is 0 Å². The van der Waals surface area contributed by atoms with E-state index in [0.29, 0.717) is 6.73 Å². The molecule has 4 rings (SSSR count). The van der Waals surface area contributed by atoms with Gasteiger partial charge in [0.15, 0.2) is 0 Å². The number of piperidine rings is 2. The van der Waals surface area contributed by atoms with Crippen molar-refractivity contribution in [2.45, 2.75) is 96.4 Å². The molecule has 0 aliphatic carbocycles. The number of likely N-dealkylation sites (tertiary alicyclic amines) is 1. The van der Waals surface area contributed by atoms with Crippen molar-refractivity contribution in [1.82, 2.24) is 14.5 Å². The summed E-state index contributed by atoms with van der Waals surface area (Å²) in [6, 6.07) is 5.45. The van der Waals surface area contributed by atoms with Crippen LogP contribution in [0.1, 0.15) is 52.9 Å².